The van der Waals surface area contributed by atoms with Crippen molar-refractivity contribution in [3.05, 3.63) is 29.8 Å². The molecular weight excluding hydrogens is 276 g/mol. The van der Waals surface area contributed by atoms with E-state index in [9.17, 15) is 9.59 Å². The second-order valence-corrected chi connectivity index (χ2v) is 4.98. The maximum atomic E-state index is 12.4. The molecule has 0 aliphatic carbocycles. The van der Waals surface area contributed by atoms with Gasteiger partial charge in [-0.1, -0.05) is 12.1 Å². The van der Waals surface area contributed by atoms with E-state index in [2.05, 4.69) is 12.6 Å². The average Bonchev–Trinajstić information content (AvgIpc) is 2.47. The summed E-state index contributed by atoms with van der Waals surface area (Å²) < 4.78 is 4.95. The van der Waals surface area contributed by atoms with Gasteiger partial charge in [0, 0.05) is 31.1 Å². The minimum Gasteiger partial charge on any atom is -0.450 e. The lowest BCUT2D eigenvalue weighted by Gasteiger charge is -2.34. The van der Waals surface area contributed by atoms with Crippen LogP contribution in [0.5, 0.6) is 0 Å². The van der Waals surface area contributed by atoms with Crippen LogP contribution in [-0.2, 0) is 4.74 Å². The number of amides is 2. The topological polar surface area (TPSA) is 49.9 Å². The van der Waals surface area contributed by atoms with Crippen LogP contribution in [0.3, 0.4) is 0 Å². The van der Waals surface area contributed by atoms with Crippen molar-refractivity contribution in [2.45, 2.75) is 11.8 Å². The zero-order chi connectivity index (χ0) is 14.5. The van der Waals surface area contributed by atoms with Crippen molar-refractivity contribution in [3.8, 4) is 0 Å². The van der Waals surface area contributed by atoms with Crippen LogP contribution in [-0.4, -0.2) is 54.6 Å². The van der Waals surface area contributed by atoms with Gasteiger partial charge in [0.2, 0.25) is 0 Å². The fraction of sp³-hybridized carbons (Fsp3) is 0.429. The molecule has 1 aromatic rings. The molecular formula is C14H18N2O3S. The van der Waals surface area contributed by atoms with Gasteiger partial charge in [0.1, 0.15) is 0 Å². The van der Waals surface area contributed by atoms with Crippen LogP contribution in [0.2, 0.25) is 0 Å². The Morgan fingerprint density at radius 1 is 1.15 bits per heavy atom. The number of rotatable bonds is 2. The van der Waals surface area contributed by atoms with Gasteiger partial charge in [-0.15, -0.1) is 12.6 Å². The predicted molar refractivity (Wildman–Crippen MR) is 78.2 cm³/mol. The van der Waals surface area contributed by atoms with E-state index in [1.807, 2.05) is 12.1 Å². The Hall–Kier alpha value is -1.69. The summed E-state index contributed by atoms with van der Waals surface area (Å²) in [5, 5.41) is 0. The van der Waals surface area contributed by atoms with Gasteiger partial charge in [0.05, 0.1) is 12.2 Å². The molecule has 0 atom stereocenters. The first-order valence-corrected chi connectivity index (χ1v) is 7.07. The van der Waals surface area contributed by atoms with E-state index in [4.69, 9.17) is 4.74 Å². The van der Waals surface area contributed by atoms with Crippen LogP contribution < -0.4 is 0 Å². The van der Waals surface area contributed by atoms with Crippen molar-refractivity contribution in [1.82, 2.24) is 9.80 Å². The number of hydrogen-bond donors (Lipinski definition) is 1. The van der Waals surface area contributed by atoms with E-state index in [0.29, 0.717) is 43.2 Å². The molecule has 20 heavy (non-hydrogen) atoms. The zero-order valence-corrected chi connectivity index (χ0v) is 12.3. The molecule has 0 bridgehead atoms. The monoisotopic (exact) mass is 294 g/mol. The number of ether oxygens (including phenoxy) is 1. The maximum Gasteiger partial charge on any atom is 0.409 e. The van der Waals surface area contributed by atoms with Crippen molar-refractivity contribution in [3.63, 3.8) is 0 Å². The Bertz CT molecular complexity index is 499. The van der Waals surface area contributed by atoms with Crippen molar-refractivity contribution in [2.75, 3.05) is 32.8 Å². The molecule has 0 spiro atoms. The second kappa shape index (κ2) is 6.65. The number of carbonyl (C=O) groups excluding carboxylic acids is 2. The Morgan fingerprint density at radius 3 is 2.35 bits per heavy atom. The first-order chi connectivity index (χ1) is 9.63. The fourth-order valence-electron chi connectivity index (χ4n) is 2.13. The van der Waals surface area contributed by atoms with Crippen LogP contribution in [0.15, 0.2) is 29.2 Å². The van der Waals surface area contributed by atoms with Gasteiger partial charge in [0.25, 0.3) is 5.91 Å². The first-order valence-electron chi connectivity index (χ1n) is 6.62. The predicted octanol–water partition coefficient (Wildman–Crippen LogP) is 1.89. The number of piperazine rings is 1. The first kappa shape index (κ1) is 14.7. The van der Waals surface area contributed by atoms with Crippen LogP contribution in [0.4, 0.5) is 4.79 Å². The SMILES string of the molecule is CCOC(=O)N1CCN(C(=O)c2ccccc2S)CC1. The standard InChI is InChI=1S/C14H18N2O3S/c1-2-19-14(18)16-9-7-15(8-10-16)13(17)11-5-3-4-6-12(11)20/h3-6,20H,2,7-10H2,1H3. The van der Waals surface area contributed by atoms with E-state index >= 15 is 0 Å². The molecule has 5 nitrogen and oxygen atoms in total. The van der Waals surface area contributed by atoms with Crippen molar-refractivity contribution < 1.29 is 14.3 Å². The van der Waals surface area contributed by atoms with E-state index in [0.717, 1.165) is 0 Å². The summed E-state index contributed by atoms with van der Waals surface area (Å²) in [4.78, 5) is 28.0. The van der Waals surface area contributed by atoms with Crippen LogP contribution in [0.25, 0.3) is 0 Å². The van der Waals surface area contributed by atoms with Gasteiger partial charge in [-0.2, -0.15) is 0 Å². The van der Waals surface area contributed by atoms with Gasteiger partial charge in [-0.25, -0.2) is 4.79 Å². The third kappa shape index (κ3) is 3.25. The van der Waals surface area contributed by atoms with Crippen molar-refractivity contribution in [1.29, 1.82) is 0 Å². The molecule has 1 heterocycles. The van der Waals surface area contributed by atoms with Gasteiger partial charge >= 0.3 is 6.09 Å². The summed E-state index contributed by atoms with van der Waals surface area (Å²) in [6.45, 7) is 4.17. The molecule has 1 aliphatic heterocycles. The Labute approximate surface area is 123 Å². The molecule has 0 radical (unpaired) electrons. The highest BCUT2D eigenvalue weighted by atomic mass is 32.1. The molecule has 108 valence electrons. The van der Waals surface area contributed by atoms with Gasteiger partial charge in [0.15, 0.2) is 0 Å². The molecule has 2 rings (SSSR count). The second-order valence-electron chi connectivity index (χ2n) is 4.50. The van der Waals surface area contributed by atoms with Gasteiger partial charge < -0.3 is 14.5 Å². The van der Waals surface area contributed by atoms with Crippen LogP contribution in [0.1, 0.15) is 17.3 Å². The highest BCUT2D eigenvalue weighted by molar-refractivity contribution is 7.80. The number of nitrogens with zero attached hydrogens (tertiary/aromatic N) is 2. The molecule has 0 N–H and O–H groups in total. The van der Waals surface area contributed by atoms with E-state index < -0.39 is 0 Å². The Kier molecular flexibility index (Phi) is 4.89. The number of carbonyl (C=O) groups is 2. The number of benzene rings is 1. The Balaban J connectivity index is 1.96. The summed E-state index contributed by atoms with van der Waals surface area (Å²) in [5.41, 5.74) is 0.598. The number of hydrogen-bond acceptors (Lipinski definition) is 4. The normalized spacial score (nSPS) is 15.1. The van der Waals surface area contributed by atoms with Crippen LogP contribution in [0, 0.1) is 0 Å². The highest BCUT2D eigenvalue weighted by Gasteiger charge is 2.26. The Morgan fingerprint density at radius 2 is 1.75 bits per heavy atom. The summed E-state index contributed by atoms with van der Waals surface area (Å²) in [6.07, 6.45) is -0.311. The molecule has 1 saturated heterocycles. The molecule has 2 amide bonds. The summed E-state index contributed by atoms with van der Waals surface area (Å²) in [5.74, 6) is -0.0425. The lowest BCUT2D eigenvalue weighted by molar-refractivity contribution is 0.0568. The quantitative estimate of drug-likeness (QED) is 0.847. The summed E-state index contributed by atoms with van der Waals surface area (Å²) >= 11 is 4.30. The highest BCUT2D eigenvalue weighted by Crippen LogP contribution is 2.16. The summed E-state index contributed by atoms with van der Waals surface area (Å²) in [6, 6.07) is 7.23. The van der Waals surface area contributed by atoms with Crippen molar-refractivity contribution in [2.24, 2.45) is 0 Å². The average molecular weight is 294 g/mol. The lowest BCUT2D eigenvalue weighted by atomic mass is 10.2. The minimum atomic E-state index is -0.311. The zero-order valence-electron chi connectivity index (χ0n) is 11.4. The van der Waals surface area contributed by atoms with Crippen molar-refractivity contribution >= 4 is 24.6 Å². The third-order valence-corrected chi connectivity index (χ3v) is 3.62. The molecule has 1 fully saturated rings. The third-order valence-electron chi connectivity index (χ3n) is 3.23. The largest absolute Gasteiger partial charge is 0.450 e. The summed E-state index contributed by atoms with van der Waals surface area (Å²) in [7, 11) is 0. The minimum absolute atomic E-state index is 0.0425. The van der Waals surface area contributed by atoms with Gasteiger partial charge in [-0.05, 0) is 19.1 Å². The molecule has 1 aromatic carbocycles. The molecule has 6 heteroatoms. The molecule has 0 saturated carbocycles. The smallest absolute Gasteiger partial charge is 0.409 e. The van der Waals surface area contributed by atoms with Crippen LogP contribution >= 0.6 is 12.6 Å². The molecule has 1 aliphatic rings. The molecule has 0 aromatic heterocycles. The van der Waals surface area contributed by atoms with Gasteiger partial charge in [-0.3, -0.25) is 4.79 Å². The van der Waals surface area contributed by atoms with E-state index in [1.165, 1.54) is 0 Å². The van der Waals surface area contributed by atoms with E-state index in [-0.39, 0.29) is 12.0 Å². The van der Waals surface area contributed by atoms with E-state index in [1.54, 1.807) is 28.9 Å². The molecule has 0 unspecified atom stereocenters. The lowest BCUT2D eigenvalue weighted by Crippen LogP contribution is -2.50. The maximum absolute atomic E-state index is 12.4. The fourth-order valence-corrected chi connectivity index (χ4v) is 2.39. The number of thiol groups is 1.